The zero-order chi connectivity index (χ0) is 12.3. The van der Waals surface area contributed by atoms with Gasteiger partial charge in [-0.3, -0.25) is 4.79 Å². The molecule has 5 heteroatoms. The third kappa shape index (κ3) is 3.42. The van der Waals surface area contributed by atoms with Crippen molar-refractivity contribution in [2.75, 3.05) is 5.75 Å². The molecular formula is C12H12O4S. The van der Waals surface area contributed by atoms with Gasteiger partial charge in [0.2, 0.25) is 0 Å². The summed E-state index contributed by atoms with van der Waals surface area (Å²) >= 11 is 0. The largest absolute Gasteiger partial charge is 0.427 e. The number of hydrogen-bond donors (Lipinski definition) is 0. The zero-order valence-corrected chi connectivity index (χ0v) is 9.89. The molecule has 0 unspecified atom stereocenters. The van der Waals surface area contributed by atoms with Crippen molar-refractivity contribution in [1.82, 2.24) is 0 Å². The summed E-state index contributed by atoms with van der Waals surface area (Å²) in [5.41, 5.74) is 0. The van der Waals surface area contributed by atoms with Crippen molar-refractivity contribution in [3.05, 3.63) is 41.8 Å². The second-order valence-electron chi connectivity index (χ2n) is 3.91. The number of rotatable bonds is 3. The van der Waals surface area contributed by atoms with Crippen molar-refractivity contribution in [1.29, 1.82) is 0 Å². The van der Waals surface area contributed by atoms with Gasteiger partial charge in [0.1, 0.15) is 5.75 Å². The average Bonchev–Trinajstić information content (AvgIpc) is 2.59. The Morgan fingerprint density at radius 3 is 2.59 bits per heavy atom. The summed E-state index contributed by atoms with van der Waals surface area (Å²) in [7, 11) is -3.10. The van der Waals surface area contributed by atoms with E-state index in [4.69, 9.17) is 4.74 Å². The number of hydrogen-bond acceptors (Lipinski definition) is 4. The van der Waals surface area contributed by atoms with Crippen LogP contribution in [0.3, 0.4) is 0 Å². The van der Waals surface area contributed by atoms with Crippen LogP contribution in [0.1, 0.15) is 6.42 Å². The molecule has 0 aromatic heterocycles. The van der Waals surface area contributed by atoms with Gasteiger partial charge in [-0.2, -0.15) is 0 Å². The molecule has 1 atom stereocenters. The minimum atomic E-state index is -3.10. The van der Waals surface area contributed by atoms with Crippen LogP contribution in [0.5, 0.6) is 5.75 Å². The molecule has 1 aromatic rings. The van der Waals surface area contributed by atoms with E-state index in [9.17, 15) is 13.2 Å². The Labute approximate surface area is 99.8 Å². The van der Waals surface area contributed by atoms with Crippen LogP contribution < -0.4 is 4.74 Å². The SMILES string of the molecule is O=C(C[C@H]1C=CS(=O)(=O)C1)Oc1ccccc1. The lowest BCUT2D eigenvalue weighted by atomic mass is 10.1. The molecule has 0 saturated heterocycles. The van der Waals surface area contributed by atoms with E-state index < -0.39 is 15.8 Å². The summed E-state index contributed by atoms with van der Waals surface area (Å²) in [6.45, 7) is 0. The van der Waals surface area contributed by atoms with Crippen molar-refractivity contribution in [3.63, 3.8) is 0 Å². The molecule has 0 fully saturated rings. The van der Waals surface area contributed by atoms with Crippen molar-refractivity contribution >= 4 is 15.8 Å². The molecule has 0 spiro atoms. The standard InChI is InChI=1S/C12H12O4S/c13-12(16-11-4-2-1-3-5-11)8-10-6-7-17(14,15)9-10/h1-7,10H,8-9H2/t10-/m1/s1. The third-order valence-electron chi connectivity index (χ3n) is 2.41. The lowest BCUT2D eigenvalue weighted by Gasteiger charge is -2.06. The maximum atomic E-state index is 11.5. The fraction of sp³-hybridized carbons (Fsp3) is 0.250. The maximum absolute atomic E-state index is 11.5. The van der Waals surface area contributed by atoms with Crippen LogP contribution in [0.25, 0.3) is 0 Å². The summed E-state index contributed by atoms with van der Waals surface area (Å²) in [6.07, 6.45) is 1.63. The number of sulfone groups is 1. The first-order valence-corrected chi connectivity index (χ1v) is 6.93. The molecule has 0 aliphatic carbocycles. The zero-order valence-electron chi connectivity index (χ0n) is 9.07. The van der Waals surface area contributed by atoms with Gasteiger partial charge in [-0.05, 0) is 12.1 Å². The summed E-state index contributed by atoms with van der Waals surface area (Å²) in [4.78, 5) is 11.5. The Morgan fingerprint density at radius 2 is 2.00 bits per heavy atom. The fourth-order valence-electron chi connectivity index (χ4n) is 1.64. The van der Waals surface area contributed by atoms with E-state index >= 15 is 0 Å². The molecule has 0 N–H and O–H groups in total. The number of allylic oxidation sites excluding steroid dienone is 1. The highest BCUT2D eigenvalue weighted by atomic mass is 32.2. The van der Waals surface area contributed by atoms with E-state index in [1.54, 1.807) is 30.3 Å². The molecule has 90 valence electrons. The topological polar surface area (TPSA) is 60.4 Å². The molecular weight excluding hydrogens is 240 g/mol. The first-order valence-electron chi connectivity index (χ1n) is 5.22. The van der Waals surface area contributed by atoms with Gasteiger partial charge in [0.15, 0.2) is 9.84 Å². The number of para-hydroxylation sites is 1. The van der Waals surface area contributed by atoms with E-state index in [1.807, 2.05) is 6.07 Å². The van der Waals surface area contributed by atoms with Crippen LogP contribution in [0.2, 0.25) is 0 Å². The minimum absolute atomic E-state index is 0.00309. The molecule has 17 heavy (non-hydrogen) atoms. The van der Waals surface area contributed by atoms with Crippen molar-refractivity contribution in [3.8, 4) is 5.75 Å². The second kappa shape index (κ2) is 4.71. The minimum Gasteiger partial charge on any atom is -0.427 e. The Kier molecular flexibility index (Phi) is 3.28. The Balaban J connectivity index is 1.89. The van der Waals surface area contributed by atoms with Gasteiger partial charge in [0.25, 0.3) is 0 Å². The number of carbonyl (C=O) groups excluding carboxylic acids is 1. The first kappa shape index (κ1) is 11.9. The van der Waals surface area contributed by atoms with Gasteiger partial charge in [-0.25, -0.2) is 8.42 Å². The summed E-state index contributed by atoms with van der Waals surface area (Å²) < 4.78 is 27.4. The van der Waals surface area contributed by atoms with Crippen LogP contribution >= 0.6 is 0 Å². The van der Waals surface area contributed by atoms with Crippen LogP contribution in [0.15, 0.2) is 41.8 Å². The lowest BCUT2D eigenvalue weighted by molar-refractivity contribution is -0.134. The number of benzene rings is 1. The monoisotopic (exact) mass is 252 g/mol. The fourth-order valence-corrected chi connectivity index (χ4v) is 3.04. The van der Waals surface area contributed by atoms with Crippen molar-refractivity contribution in [2.45, 2.75) is 6.42 Å². The summed E-state index contributed by atoms with van der Waals surface area (Å²) in [5, 5.41) is 1.16. The Bertz CT molecular complexity index is 531. The van der Waals surface area contributed by atoms with E-state index in [-0.39, 0.29) is 18.1 Å². The van der Waals surface area contributed by atoms with E-state index in [1.165, 1.54) is 0 Å². The third-order valence-corrected chi connectivity index (χ3v) is 3.87. The highest BCUT2D eigenvalue weighted by molar-refractivity contribution is 7.94. The molecule has 1 aliphatic rings. The van der Waals surface area contributed by atoms with Gasteiger partial charge in [0, 0.05) is 11.3 Å². The normalized spacial score (nSPS) is 21.3. The van der Waals surface area contributed by atoms with Crippen LogP contribution in [-0.2, 0) is 14.6 Å². The predicted molar refractivity (Wildman–Crippen MR) is 63.1 cm³/mol. The van der Waals surface area contributed by atoms with Crippen LogP contribution in [0.4, 0.5) is 0 Å². The second-order valence-corrected chi connectivity index (χ2v) is 5.84. The molecule has 0 saturated carbocycles. The van der Waals surface area contributed by atoms with E-state index in [2.05, 4.69) is 0 Å². The average molecular weight is 252 g/mol. The Morgan fingerprint density at radius 1 is 1.29 bits per heavy atom. The van der Waals surface area contributed by atoms with Crippen molar-refractivity contribution < 1.29 is 17.9 Å². The van der Waals surface area contributed by atoms with Gasteiger partial charge in [-0.1, -0.05) is 24.3 Å². The number of ether oxygens (including phenoxy) is 1. The summed E-state index contributed by atoms with van der Waals surface area (Å²) in [6, 6.07) is 8.72. The molecule has 0 bridgehead atoms. The number of esters is 1. The maximum Gasteiger partial charge on any atom is 0.311 e. The highest BCUT2D eigenvalue weighted by Crippen LogP contribution is 2.19. The van der Waals surface area contributed by atoms with Gasteiger partial charge in [0.05, 0.1) is 12.2 Å². The highest BCUT2D eigenvalue weighted by Gasteiger charge is 2.24. The van der Waals surface area contributed by atoms with E-state index in [0.717, 1.165) is 5.41 Å². The predicted octanol–water partition coefficient (Wildman–Crippen LogP) is 1.54. The summed E-state index contributed by atoms with van der Waals surface area (Å²) in [5.74, 6) is -0.210. The molecule has 2 rings (SSSR count). The molecule has 1 heterocycles. The molecule has 1 aliphatic heterocycles. The molecule has 0 amide bonds. The van der Waals surface area contributed by atoms with Gasteiger partial charge in [-0.15, -0.1) is 0 Å². The van der Waals surface area contributed by atoms with Gasteiger partial charge < -0.3 is 4.74 Å². The van der Waals surface area contributed by atoms with Gasteiger partial charge >= 0.3 is 5.97 Å². The Hall–Kier alpha value is -1.62. The van der Waals surface area contributed by atoms with Crippen LogP contribution in [0, 0.1) is 5.92 Å². The van der Waals surface area contributed by atoms with Crippen molar-refractivity contribution in [2.24, 2.45) is 5.92 Å². The smallest absolute Gasteiger partial charge is 0.311 e. The van der Waals surface area contributed by atoms with E-state index in [0.29, 0.717) is 5.75 Å². The first-order chi connectivity index (χ1) is 8.05. The lowest BCUT2D eigenvalue weighted by Crippen LogP contribution is -2.15. The quantitative estimate of drug-likeness (QED) is 0.604. The number of carbonyl (C=O) groups is 1. The molecule has 1 aromatic carbocycles. The molecule has 0 radical (unpaired) electrons. The van der Waals surface area contributed by atoms with Crippen LogP contribution in [-0.4, -0.2) is 20.1 Å². The molecule has 4 nitrogen and oxygen atoms in total.